The van der Waals surface area contributed by atoms with Crippen LogP contribution in [-0.2, 0) is 0 Å². The lowest BCUT2D eigenvalue weighted by atomic mass is 10.0. The fourth-order valence-electron chi connectivity index (χ4n) is 2.67. The number of hydrogen-bond donors (Lipinski definition) is 1. The molecule has 1 aliphatic heterocycles. The first-order valence-electron chi connectivity index (χ1n) is 7.11. The Balaban J connectivity index is 1.83. The van der Waals surface area contributed by atoms with Crippen LogP contribution in [0.2, 0.25) is 5.02 Å². The molecule has 0 spiro atoms. The van der Waals surface area contributed by atoms with Crippen molar-refractivity contribution in [1.29, 1.82) is 0 Å². The molecule has 0 aliphatic carbocycles. The zero-order chi connectivity index (χ0) is 15.8. The lowest BCUT2D eigenvalue weighted by Gasteiger charge is -2.25. The van der Waals surface area contributed by atoms with Gasteiger partial charge in [0.1, 0.15) is 12.4 Å². The highest BCUT2D eigenvalue weighted by Gasteiger charge is 2.24. The quantitative estimate of drug-likeness (QED) is 0.690. The van der Waals surface area contributed by atoms with Crippen molar-refractivity contribution >= 4 is 39.2 Å². The van der Waals surface area contributed by atoms with Gasteiger partial charge in [-0.25, -0.2) is 4.68 Å². The van der Waals surface area contributed by atoms with Crippen LogP contribution in [0, 0.1) is 0 Å². The van der Waals surface area contributed by atoms with Gasteiger partial charge in [0.05, 0.1) is 0 Å². The highest BCUT2D eigenvalue weighted by Crippen LogP contribution is 2.34. The minimum absolute atomic E-state index is 0.0962. The van der Waals surface area contributed by atoms with E-state index in [0.717, 1.165) is 21.3 Å². The van der Waals surface area contributed by atoms with Gasteiger partial charge in [-0.2, -0.15) is 10.1 Å². The maximum atomic E-state index is 6.39. The number of anilines is 1. The van der Waals surface area contributed by atoms with Gasteiger partial charge in [-0.3, -0.25) is 0 Å². The SMILES string of the molecule is Clc1ccccc1[C@H]1C=C(c2ccc(Br)cc2)Nc2ncnn21. The van der Waals surface area contributed by atoms with E-state index in [-0.39, 0.29) is 6.04 Å². The second-order valence-electron chi connectivity index (χ2n) is 5.21. The van der Waals surface area contributed by atoms with E-state index in [0.29, 0.717) is 11.0 Å². The topological polar surface area (TPSA) is 42.7 Å². The van der Waals surface area contributed by atoms with Crippen LogP contribution in [0.15, 0.2) is 65.4 Å². The lowest BCUT2D eigenvalue weighted by Crippen LogP contribution is -2.20. The Morgan fingerprint density at radius 1 is 1.09 bits per heavy atom. The highest BCUT2D eigenvalue weighted by molar-refractivity contribution is 9.10. The van der Waals surface area contributed by atoms with Crippen LogP contribution in [0.5, 0.6) is 0 Å². The van der Waals surface area contributed by atoms with Gasteiger partial charge < -0.3 is 5.32 Å². The molecule has 114 valence electrons. The third-order valence-corrected chi connectivity index (χ3v) is 4.66. The van der Waals surface area contributed by atoms with E-state index in [9.17, 15) is 0 Å². The second kappa shape index (κ2) is 5.83. The second-order valence-corrected chi connectivity index (χ2v) is 6.53. The van der Waals surface area contributed by atoms with Gasteiger partial charge in [-0.15, -0.1) is 0 Å². The predicted octanol–water partition coefficient (Wildman–Crippen LogP) is 4.75. The highest BCUT2D eigenvalue weighted by atomic mass is 79.9. The van der Waals surface area contributed by atoms with Crippen molar-refractivity contribution in [1.82, 2.24) is 14.8 Å². The molecule has 1 N–H and O–H groups in total. The number of aromatic nitrogens is 3. The number of nitrogens with zero attached hydrogens (tertiary/aromatic N) is 3. The zero-order valence-corrected chi connectivity index (χ0v) is 14.3. The molecular weight excluding hydrogens is 376 g/mol. The van der Waals surface area contributed by atoms with Gasteiger partial charge in [0, 0.05) is 15.2 Å². The summed E-state index contributed by atoms with van der Waals surface area (Å²) in [5.74, 6) is 0.704. The summed E-state index contributed by atoms with van der Waals surface area (Å²) in [6.07, 6.45) is 3.66. The number of hydrogen-bond acceptors (Lipinski definition) is 3. The summed E-state index contributed by atoms with van der Waals surface area (Å²) in [5, 5.41) is 8.37. The summed E-state index contributed by atoms with van der Waals surface area (Å²) >= 11 is 9.85. The average molecular weight is 388 g/mol. The molecule has 6 heteroatoms. The Hall–Kier alpha value is -2.11. The summed E-state index contributed by atoms with van der Waals surface area (Å²) in [5.41, 5.74) is 3.07. The molecule has 23 heavy (non-hydrogen) atoms. The smallest absolute Gasteiger partial charge is 0.226 e. The number of rotatable bonds is 2. The lowest BCUT2D eigenvalue weighted by molar-refractivity contribution is 0.612. The first-order valence-corrected chi connectivity index (χ1v) is 8.28. The van der Waals surface area contributed by atoms with Crippen LogP contribution in [0.4, 0.5) is 5.95 Å². The molecule has 0 saturated heterocycles. The van der Waals surface area contributed by atoms with E-state index in [1.165, 1.54) is 0 Å². The van der Waals surface area contributed by atoms with Crippen molar-refractivity contribution < 1.29 is 0 Å². The molecule has 0 amide bonds. The summed E-state index contributed by atoms with van der Waals surface area (Å²) in [6.45, 7) is 0. The van der Waals surface area contributed by atoms with Gasteiger partial charge >= 0.3 is 0 Å². The number of halogens is 2. The van der Waals surface area contributed by atoms with Crippen LogP contribution in [0.1, 0.15) is 17.2 Å². The molecule has 0 fully saturated rings. The largest absolute Gasteiger partial charge is 0.324 e. The van der Waals surface area contributed by atoms with Crippen LogP contribution in [0.3, 0.4) is 0 Å². The fourth-order valence-corrected chi connectivity index (χ4v) is 3.18. The molecule has 1 aliphatic rings. The Labute approximate surface area is 146 Å². The maximum absolute atomic E-state index is 6.39. The first-order chi connectivity index (χ1) is 11.2. The molecule has 0 saturated carbocycles. The van der Waals surface area contributed by atoms with Crippen LogP contribution in [-0.4, -0.2) is 14.8 Å². The Morgan fingerprint density at radius 2 is 1.87 bits per heavy atom. The first kappa shape index (κ1) is 14.5. The summed E-state index contributed by atoms with van der Waals surface area (Å²) in [7, 11) is 0. The molecule has 1 atom stereocenters. The molecule has 3 aromatic rings. The fraction of sp³-hybridized carbons (Fsp3) is 0.0588. The summed E-state index contributed by atoms with van der Waals surface area (Å²) < 4.78 is 2.88. The maximum Gasteiger partial charge on any atom is 0.226 e. The van der Waals surface area contributed by atoms with Gasteiger partial charge in [0.2, 0.25) is 5.95 Å². The molecule has 0 radical (unpaired) electrons. The Bertz CT molecular complexity index is 886. The van der Waals surface area contributed by atoms with Crippen molar-refractivity contribution in [2.24, 2.45) is 0 Å². The molecule has 2 heterocycles. The Kier molecular flexibility index (Phi) is 3.67. The zero-order valence-electron chi connectivity index (χ0n) is 11.9. The monoisotopic (exact) mass is 386 g/mol. The van der Waals surface area contributed by atoms with Crippen LogP contribution >= 0.6 is 27.5 Å². The summed E-state index contributed by atoms with van der Waals surface area (Å²) in [6, 6.07) is 15.9. The molecule has 4 rings (SSSR count). The van der Waals surface area contributed by atoms with Gasteiger partial charge in [0.25, 0.3) is 0 Å². The predicted molar refractivity (Wildman–Crippen MR) is 95.4 cm³/mol. The van der Waals surface area contributed by atoms with Gasteiger partial charge in [0.15, 0.2) is 0 Å². The number of benzene rings is 2. The standard InChI is InChI=1S/C17H12BrClN4/c18-12-7-5-11(6-8-12)15-9-16(13-3-1-2-4-14(13)19)23-17(22-15)20-10-21-23/h1-10,16H,(H,20,21,22)/t16-/m1/s1. The Morgan fingerprint density at radius 3 is 2.65 bits per heavy atom. The minimum Gasteiger partial charge on any atom is -0.324 e. The van der Waals surface area contributed by atoms with E-state index in [1.807, 2.05) is 41.1 Å². The minimum atomic E-state index is -0.0962. The molecule has 0 unspecified atom stereocenters. The number of fused-ring (bicyclic) bond motifs is 1. The molecular formula is C17H12BrClN4. The van der Waals surface area contributed by atoms with Crippen molar-refractivity contribution in [3.63, 3.8) is 0 Å². The van der Waals surface area contributed by atoms with E-state index in [2.05, 4.69) is 49.5 Å². The van der Waals surface area contributed by atoms with E-state index < -0.39 is 0 Å². The average Bonchev–Trinajstić information content (AvgIpc) is 3.04. The molecule has 1 aromatic heterocycles. The van der Waals surface area contributed by atoms with E-state index >= 15 is 0 Å². The number of nitrogens with one attached hydrogen (secondary N) is 1. The van der Waals surface area contributed by atoms with Crippen molar-refractivity contribution in [3.8, 4) is 0 Å². The van der Waals surface area contributed by atoms with Crippen molar-refractivity contribution in [3.05, 3.63) is 81.6 Å². The third-order valence-electron chi connectivity index (χ3n) is 3.79. The van der Waals surface area contributed by atoms with Gasteiger partial charge in [-0.05, 0) is 35.4 Å². The van der Waals surface area contributed by atoms with Crippen molar-refractivity contribution in [2.45, 2.75) is 6.04 Å². The normalized spacial score (nSPS) is 16.4. The van der Waals surface area contributed by atoms with Crippen LogP contribution in [0.25, 0.3) is 5.70 Å². The molecule has 2 aromatic carbocycles. The molecule has 0 bridgehead atoms. The summed E-state index contributed by atoms with van der Waals surface area (Å²) in [4.78, 5) is 4.30. The van der Waals surface area contributed by atoms with Crippen molar-refractivity contribution in [2.75, 3.05) is 5.32 Å². The third kappa shape index (κ3) is 2.66. The van der Waals surface area contributed by atoms with Gasteiger partial charge in [-0.1, -0.05) is 57.9 Å². The van der Waals surface area contributed by atoms with E-state index in [1.54, 1.807) is 6.33 Å². The number of allylic oxidation sites excluding steroid dienone is 1. The van der Waals surface area contributed by atoms with E-state index in [4.69, 9.17) is 11.6 Å². The van der Waals surface area contributed by atoms with Crippen LogP contribution < -0.4 is 5.32 Å². The molecule has 4 nitrogen and oxygen atoms in total.